The molecule has 2 fully saturated rings. The van der Waals surface area contributed by atoms with E-state index in [0.29, 0.717) is 6.04 Å². The van der Waals surface area contributed by atoms with Gasteiger partial charge in [-0.15, -0.1) is 24.0 Å². The van der Waals surface area contributed by atoms with Gasteiger partial charge < -0.3 is 10.6 Å². The molecule has 0 aliphatic carbocycles. The van der Waals surface area contributed by atoms with Crippen molar-refractivity contribution in [3.05, 3.63) is 0 Å². The van der Waals surface area contributed by atoms with Gasteiger partial charge in [-0.05, 0) is 43.9 Å². The minimum atomic E-state index is 0. The first kappa shape index (κ1) is 20.4. The quantitative estimate of drug-likeness (QED) is 0.379. The summed E-state index contributed by atoms with van der Waals surface area (Å²) in [7, 11) is 1.87. The minimum absolute atomic E-state index is 0. The van der Waals surface area contributed by atoms with Gasteiger partial charge >= 0.3 is 0 Å². The van der Waals surface area contributed by atoms with Gasteiger partial charge in [0, 0.05) is 38.0 Å². The molecule has 2 aliphatic heterocycles. The molecule has 22 heavy (non-hydrogen) atoms. The second-order valence-electron chi connectivity index (χ2n) is 6.65. The van der Waals surface area contributed by atoms with Gasteiger partial charge in [0.2, 0.25) is 0 Å². The van der Waals surface area contributed by atoms with Gasteiger partial charge in [0.15, 0.2) is 5.96 Å². The van der Waals surface area contributed by atoms with E-state index in [1.165, 1.54) is 44.5 Å². The molecule has 130 valence electrons. The SMILES string of the molecule is CN=C(NCC1CCCS1)NC[C@H]1CCCN1CC(C)C.I. The summed E-state index contributed by atoms with van der Waals surface area (Å²) in [6.07, 6.45) is 5.37. The van der Waals surface area contributed by atoms with Crippen LogP contribution in [0.3, 0.4) is 0 Å². The number of nitrogens with one attached hydrogen (secondary N) is 2. The summed E-state index contributed by atoms with van der Waals surface area (Å²) >= 11 is 2.09. The van der Waals surface area contributed by atoms with Gasteiger partial charge in [0.25, 0.3) is 0 Å². The number of aliphatic imine (C=N–C) groups is 1. The Kier molecular flexibility index (Phi) is 10.1. The van der Waals surface area contributed by atoms with Crippen molar-refractivity contribution in [2.75, 3.05) is 39.0 Å². The average molecular weight is 440 g/mol. The van der Waals surface area contributed by atoms with Crippen LogP contribution >= 0.6 is 35.7 Å². The van der Waals surface area contributed by atoms with Crippen molar-refractivity contribution >= 4 is 41.7 Å². The highest BCUT2D eigenvalue weighted by Crippen LogP contribution is 2.25. The Morgan fingerprint density at radius 3 is 2.64 bits per heavy atom. The Balaban J connectivity index is 0.00000242. The highest BCUT2D eigenvalue weighted by molar-refractivity contribution is 14.0. The molecule has 0 saturated carbocycles. The van der Waals surface area contributed by atoms with Crippen LogP contribution in [0.15, 0.2) is 4.99 Å². The molecular weight excluding hydrogens is 407 g/mol. The van der Waals surface area contributed by atoms with E-state index in [4.69, 9.17) is 0 Å². The van der Waals surface area contributed by atoms with Gasteiger partial charge in [-0.2, -0.15) is 11.8 Å². The number of hydrogen-bond acceptors (Lipinski definition) is 3. The number of guanidine groups is 1. The first-order valence-corrected chi connectivity index (χ1v) is 9.54. The lowest BCUT2D eigenvalue weighted by Crippen LogP contribution is -2.46. The first-order valence-electron chi connectivity index (χ1n) is 8.49. The zero-order valence-corrected chi connectivity index (χ0v) is 17.5. The molecule has 0 aromatic rings. The minimum Gasteiger partial charge on any atom is -0.355 e. The molecule has 2 aliphatic rings. The van der Waals surface area contributed by atoms with Crippen molar-refractivity contribution < 1.29 is 0 Å². The summed E-state index contributed by atoms with van der Waals surface area (Å²) in [6.45, 7) is 9.16. The largest absolute Gasteiger partial charge is 0.355 e. The van der Waals surface area contributed by atoms with Crippen molar-refractivity contribution in [2.24, 2.45) is 10.9 Å². The maximum atomic E-state index is 4.36. The van der Waals surface area contributed by atoms with E-state index in [2.05, 4.69) is 46.1 Å². The van der Waals surface area contributed by atoms with Crippen LogP contribution in [0.4, 0.5) is 0 Å². The third kappa shape index (κ3) is 6.83. The van der Waals surface area contributed by atoms with Gasteiger partial charge in [-0.1, -0.05) is 13.8 Å². The molecule has 2 N–H and O–H groups in total. The molecule has 0 radical (unpaired) electrons. The Hall–Kier alpha value is 0.310. The summed E-state index contributed by atoms with van der Waals surface area (Å²) < 4.78 is 0. The summed E-state index contributed by atoms with van der Waals surface area (Å²) in [5, 5.41) is 7.79. The van der Waals surface area contributed by atoms with E-state index in [9.17, 15) is 0 Å². The van der Waals surface area contributed by atoms with Crippen molar-refractivity contribution in [3.63, 3.8) is 0 Å². The monoisotopic (exact) mass is 440 g/mol. The summed E-state index contributed by atoms with van der Waals surface area (Å²) in [5.41, 5.74) is 0. The molecule has 2 saturated heterocycles. The van der Waals surface area contributed by atoms with E-state index in [1.54, 1.807) is 0 Å². The molecule has 2 rings (SSSR count). The lowest BCUT2D eigenvalue weighted by molar-refractivity contribution is 0.226. The maximum absolute atomic E-state index is 4.36. The zero-order chi connectivity index (χ0) is 15.1. The molecule has 4 nitrogen and oxygen atoms in total. The molecule has 2 heterocycles. The number of hydrogen-bond donors (Lipinski definition) is 2. The number of thioether (sulfide) groups is 1. The van der Waals surface area contributed by atoms with Crippen LogP contribution in [0.1, 0.15) is 39.5 Å². The lowest BCUT2D eigenvalue weighted by atomic mass is 10.1. The normalized spacial score (nSPS) is 26.3. The highest BCUT2D eigenvalue weighted by Gasteiger charge is 2.25. The Morgan fingerprint density at radius 2 is 2.00 bits per heavy atom. The molecule has 0 amide bonds. The first-order chi connectivity index (χ1) is 10.2. The fraction of sp³-hybridized carbons (Fsp3) is 0.938. The fourth-order valence-electron chi connectivity index (χ4n) is 3.29. The Bertz CT molecular complexity index is 332. The maximum Gasteiger partial charge on any atom is 0.191 e. The topological polar surface area (TPSA) is 39.7 Å². The van der Waals surface area contributed by atoms with Crippen molar-refractivity contribution in [1.29, 1.82) is 0 Å². The molecule has 1 unspecified atom stereocenters. The molecular formula is C16H33IN4S. The number of halogens is 1. The van der Waals surface area contributed by atoms with Crippen LogP contribution in [0.25, 0.3) is 0 Å². The molecule has 0 spiro atoms. The summed E-state index contributed by atoms with van der Waals surface area (Å²) in [5.74, 6) is 3.05. The summed E-state index contributed by atoms with van der Waals surface area (Å²) in [6, 6.07) is 0.673. The predicted octanol–water partition coefficient (Wildman–Crippen LogP) is 2.79. The van der Waals surface area contributed by atoms with Crippen LogP contribution in [0.2, 0.25) is 0 Å². The van der Waals surface area contributed by atoms with E-state index >= 15 is 0 Å². The Morgan fingerprint density at radius 1 is 1.23 bits per heavy atom. The third-order valence-electron chi connectivity index (χ3n) is 4.35. The van der Waals surface area contributed by atoms with Gasteiger partial charge in [-0.3, -0.25) is 9.89 Å². The highest BCUT2D eigenvalue weighted by atomic mass is 127. The van der Waals surface area contributed by atoms with Crippen LogP contribution in [-0.4, -0.2) is 61.1 Å². The van der Waals surface area contributed by atoms with E-state index in [0.717, 1.165) is 30.2 Å². The van der Waals surface area contributed by atoms with Crippen molar-refractivity contribution in [1.82, 2.24) is 15.5 Å². The zero-order valence-electron chi connectivity index (χ0n) is 14.3. The van der Waals surface area contributed by atoms with Crippen LogP contribution in [-0.2, 0) is 0 Å². The smallest absolute Gasteiger partial charge is 0.191 e. The number of likely N-dealkylation sites (tertiary alicyclic amines) is 1. The Labute approximate surface area is 157 Å². The molecule has 6 heteroatoms. The standard InChI is InChI=1S/C16H32N4S.HI/c1-13(2)12-20-8-4-6-14(20)10-18-16(17-3)19-11-15-7-5-9-21-15;/h13-15H,4-12H2,1-3H3,(H2,17,18,19);1H/t14-,15?;/m1./s1. The van der Waals surface area contributed by atoms with Gasteiger partial charge in [0.1, 0.15) is 0 Å². The van der Waals surface area contributed by atoms with Crippen molar-refractivity contribution in [3.8, 4) is 0 Å². The summed E-state index contributed by atoms with van der Waals surface area (Å²) in [4.78, 5) is 7.00. The molecule has 2 atom stereocenters. The lowest BCUT2D eigenvalue weighted by Gasteiger charge is -2.27. The molecule has 0 aromatic carbocycles. The van der Waals surface area contributed by atoms with Crippen LogP contribution < -0.4 is 10.6 Å². The second kappa shape index (κ2) is 11.0. The second-order valence-corrected chi connectivity index (χ2v) is 8.06. The van der Waals surface area contributed by atoms with E-state index in [-0.39, 0.29) is 24.0 Å². The van der Waals surface area contributed by atoms with Crippen molar-refractivity contribution in [2.45, 2.75) is 50.8 Å². The average Bonchev–Trinajstić information content (AvgIpc) is 3.10. The predicted molar refractivity (Wildman–Crippen MR) is 110 cm³/mol. The van der Waals surface area contributed by atoms with Gasteiger partial charge in [0.05, 0.1) is 0 Å². The van der Waals surface area contributed by atoms with Crippen LogP contribution in [0, 0.1) is 5.92 Å². The van der Waals surface area contributed by atoms with Gasteiger partial charge in [-0.25, -0.2) is 0 Å². The molecule has 0 bridgehead atoms. The fourth-order valence-corrected chi connectivity index (χ4v) is 4.49. The van der Waals surface area contributed by atoms with E-state index in [1.807, 2.05) is 7.05 Å². The number of rotatable bonds is 6. The molecule has 0 aromatic heterocycles. The van der Waals surface area contributed by atoms with E-state index < -0.39 is 0 Å². The van der Waals surface area contributed by atoms with Crippen LogP contribution in [0.5, 0.6) is 0 Å². The number of nitrogens with zero attached hydrogens (tertiary/aromatic N) is 2. The third-order valence-corrected chi connectivity index (χ3v) is 5.75.